The van der Waals surface area contributed by atoms with Gasteiger partial charge in [-0.3, -0.25) is 9.78 Å². The van der Waals surface area contributed by atoms with E-state index in [0.717, 1.165) is 49.5 Å². The number of likely N-dealkylation sites (N-methyl/N-ethyl adjacent to an activating group) is 1. The smallest absolute Gasteiger partial charge is 0.236 e. The summed E-state index contributed by atoms with van der Waals surface area (Å²) in [7, 11) is 5.55. The first-order valence-corrected chi connectivity index (χ1v) is 9.56. The molecule has 0 N–H and O–H groups in total. The molecule has 0 aliphatic carbocycles. The Bertz CT molecular complexity index is 776. The maximum absolute atomic E-state index is 12.4. The summed E-state index contributed by atoms with van der Waals surface area (Å²) in [5.41, 5.74) is 3.33. The highest BCUT2D eigenvalue weighted by molar-refractivity contribution is 5.78. The van der Waals surface area contributed by atoms with E-state index in [9.17, 15) is 4.79 Å². The number of piperidine rings is 1. The molecule has 2 aromatic rings. The average molecular weight is 367 g/mol. The van der Waals surface area contributed by atoms with Crippen molar-refractivity contribution >= 4 is 5.91 Å². The quantitative estimate of drug-likeness (QED) is 0.788. The standard InChI is InChI=1S/C22H29N3O2/c1-24(2)16-22(26)25-12-6-8-18(15-25)21-11-5-9-19(23-21)13-17-7-4-10-20(14-17)27-3/h4-5,7,9-11,14,18H,6,8,12-13,15-16H2,1-3H3/t18-/m0/s1. The highest BCUT2D eigenvalue weighted by Crippen LogP contribution is 2.26. The average Bonchev–Trinajstić information content (AvgIpc) is 2.68. The molecule has 2 heterocycles. The molecule has 0 spiro atoms. The number of ether oxygens (including phenoxy) is 1. The van der Waals surface area contributed by atoms with Crippen molar-refractivity contribution in [2.24, 2.45) is 0 Å². The molecule has 0 unspecified atom stereocenters. The highest BCUT2D eigenvalue weighted by Gasteiger charge is 2.25. The van der Waals surface area contributed by atoms with Crippen molar-refractivity contribution in [2.45, 2.75) is 25.2 Å². The van der Waals surface area contributed by atoms with Gasteiger partial charge in [-0.1, -0.05) is 18.2 Å². The lowest BCUT2D eigenvalue weighted by atomic mass is 9.93. The van der Waals surface area contributed by atoms with Crippen LogP contribution >= 0.6 is 0 Å². The number of carbonyl (C=O) groups is 1. The van der Waals surface area contributed by atoms with Gasteiger partial charge in [-0.25, -0.2) is 0 Å². The summed E-state index contributed by atoms with van der Waals surface area (Å²) >= 11 is 0. The van der Waals surface area contributed by atoms with Crippen molar-refractivity contribution in [3.05, 3.63) is 59.4 Å². The van der Waals surface area contributed by atoms with Gasteiger partial charge in [-0.15, -0.1) is 0 Å². The van der Waals surface area contributed by atoms with Crippen LogP contribution in [0.15, 0.2) is 42.5 Å². The molecule has 3 rings (SSSR count). The molecule has 1 aromatic heterocycles. The van der Waals surface area contributed by atoms with Crippen LogP contribution in [0, 0.1) is 0 Å². The lowest BCUT2D eigenvalue weighted by Crippen LogP contribution is -2.43. The second-order valence-electron chi connectivity index (χ2n) is 7.50. The first-order chi connectivity index (χ1) is 13.0. The summed E-state index contributed by atoms with van der Waals surface area (Å²) in [5.74, 6) is 1.39. The minimum atomic E-state index is 0.206. The van der Waals surface area contributed by atoms with Crippen molar-refractivity contribution < 1.29 is 9.53 Å². The molecular weight excluding hydrogens is 338 g/mol. The molecule has 27 heavy (non-hydrogen) atoms. The number of rotatable bonds is 6. The number of benzene rings is 1. The largest absolute Gasteiger partial charge is 0.497 e. The molecule has 1 aliphatic rings. The lowest BCUT2D eigenvalue weighted by molar-refractivity contribution is -0.133. The van der Waals surface area contributed by atoms with Crippen LogP contribution in [0.5, 0.6) is 5.75 Å². The zero-order chi connectivity index (χ0) is 19.2. The summed E-state index contributed by atoms with van der Waals surface area (Å²) in [5, 5.41) is 0. The van der Waals surface area contributed by atoms with Crippen molar-refractivity contribution in [3.63, 3.8) is 0 Å². The molecule has 0 saturated carbocycles. The number of hydrogen-bond acceptors (Lipinski definition) is 4. The van der Waals surface area contributed by atoms with Crippen LogP contribution in [0.1, 0.15) is 35.7 Å². The third kappa shape index (κ3) is 5.30. The minimum absolute atomic E-state index is 0.206. The maximum atomic E-state index is 12.4. The number of amides is 1. The maximum Gasteiger partial charge on any atom is 0.236 e. The molecular formula is C22H29N3O2. The van der Waals surface area contributed by atoms with Crippen LogP contribution in [-0.4, -0.2) is 61.5 Å². The van der Waals surface area contributed by atoms with E-state index in [1.54, 1.807) is 7.11 Å². The number of hydrogen-bond donors (Lipinski definition) is 0. The van der Waals surface area contributed by atoms with Crippen molar-refractivity contribution in [2.75, 3.05) is 40.8 Å². The number of carbonyl (C=O) groups excluding carboxylic acids is 1. The van der Waals surface area contributed by atoms with Gasteiger partial charge in [0.2, 0.25) is 5.91 Å². The molecule has 144 valence electrons. The van der Waals surface area contributed by atoms with Gasteiger partial charge in [-0.2, -0.15) is 0 Å². The third-order valence-corrected chi connectivity index (χ3v) is 4.99. The molecule has 5 heteroatoms. The molecule has 1 fully saturated rings. The Labute approximate surface area is 162 Å². The van der Waals surface area contributed by atoms with E-state index in [2.05, 4.69) is 30.3 Å². The fourth-order valence-electron chi connectivity index (χ4n) is 3.63. The van der Waals surface area contributed by atoms with Gasteiger partial charge in [-0.05, 0) is 56.8 Å². The number of nitrogens with zero attached hydrogens (tertiary/aromatic N) is 3. The number of pyridine rings is 1. The van der Waals surface area contributed by atoms with Crippen LogP contribution in [-0.2, 0) is 11.2 Å². The van der Waals surface area contributed by atoms with Crippen LogP contribution in [0.3, 0.4) is 0 Å². The highest BCUT2D eigenvalue weighted by atomic mass is 16.5. The summed E-state index contributed by atoms with van der Waals surface area (Å²) < 4.78 is 5.31. The van der Waals surface area contributed by atoms with E-state index in [0.29, 0.717) is 12.5 Å². The molecule has 1 amide bonds. The number of aromatic nitrogens is 1. The molecule has 0 radical (unpaired) electrons. The van der Waals surface area contributed by atoms with Gasteiger partial charge in [0.15, 0.2) is 0 Å². The zero-order valence-electron chi connectivity index (χ0n) is 16.5. The van der Waals surface area contributed by atoms with Crippen molar-refractivity contribution in [3.8, 4) is 5.75 Å². The van der Waals surface area contributed by atoms with Crippen LogP contribution in [0.4, 0.5) is 0 Å². The topological polar surface area (TPSA) is 45.7 Å². The monoisotopic (exact) mass is 367 g/mol. The molecule has 1 saturated heterocycles. The van der Waals surface area contributed by atoms with Gasteiger partial charge in [0, 0.05) is 36.8 Å². The van der Waals surface area contributed by atoms with Crippen LogP contribution in [0.25, 0.3) is 0 Å². The Morgan fingerprint density at radius 2 is 2.07 bits per heavy atom. The Balaban J connectivity index is 1.70. The van der Waals surface area contributed by atoms with E-state index >= 15 is 0 Å². The van der Waals surface area contributed by atoms with Gasteiger partial charge in [0.25, 0.3) is 0 Å². The van der Waals surface area contributed by atoms with Crippen LogP contribution < -0.4 is 4.74 Å². The second-order valence-corrected chi connectivity index (χ2v) is 7.50. The fourth-order valence-corrected chi connectivity index (χ4v) is 3.63. The number of likely N-dealkylation sites (tertiary alicyclic amines) is 1. The van der Waals surface area contributed by atoms with E-state index < -0.39 is 0 Å². The molecule has 1 atom stereocenters. The molecule has 1 aliphatic heterocycles. The Hall–Kier alpha value is -2.40. The van der Waals surface area contributed by atoms with Gasteiger partial charge >= 0.3 is 0 Å². The first kappa shape index (κ1) is 19.4. The second kappa shape index (κ2) is 9.00. The number of methoxy groups -OCH3 is 1. The van der Waals surface area contributed by atoms with Gasteiger partial charge in [0.05, 0.1) is 13.7 Å². The Morgan fingerprint density at radius 3 is 2.85 bits per heavy atom. The van der Waals surface area contributed by atoms with E-state index in [1.807, 2.05) is 36.0 Å². The lowest BCUT2D eigenvalue weighted by Gasteiger charge is -2.33. The minimum Gasteiger partial charge on any atom is -0.497 e. The third-order valence-electron chi connectivity index (χ3n) is 4.99. The van der Waals surface area contributed by atoms with E-state index in [1.165, 1.54) is 5.56 Å². The van der Waals surface area contributed by atoms with Gasteiger partial charge in [0.1, 0.15) is 5.75 Å². The summed E-state index contributed by atoms with van der Waals surface area (Å²) in [6.45, 7) is 2.09. The SMILES string of the molecule is COc1cccc(Cc2cccc([C@H]3CCCN(C(=O)CN(C)C)C3)n2)c1. The van der Waals surface area contributed by atoms with E-state index in [-0.39, 0.29) is 5.91 Å². The molecule has 5 nitrogen and oxygen atoms in total. The Morgan fingerprint density at radius 1 is 1.26 bits per heavy atom. The first-order valence-electron chi connectivity index (χ1n) is 9.56. The van der Waals surface area contributed by atoms with E-state index in [4.69, 9.17) is 9.72 Å². The normalized spacial score (nSPS) is 17.2. The Kier molecular flexibility index (Phi) is 6.45. The van der Waals surface area contributed by atoms with Crippen LogP contribution in [0.2, 0.25) is 0 Å². The predicted molar refractivity (Wildman–Crippen MR) is 107 cm³/mol. The van der Waals surface area contributed by atoms with Crippen molar-refractivity contribution in [1.29, 1.82) is 0 Å². The molecule has 0 bridgehead atoms. The summed E-state index contributed by atoms with van der Waals surface area (Å²) in [4.78, 5) is 21.2. The predicted octanol–water partition coefficient (Wildman–Crippen LogP) is 2.95. The summed E-state index contributed by atoms with van der Waals surface area (Å²) in [6.07, 6.45) is 2.90. The van der Waals surface area contributed by atoms with Crippen molar-refractivity contribution in [1.82, 2.24) is 14.8 Å². The fraction of sp³-hybridized carbons (Fsp3) is 0.455. The van der Waals surface area contributed by atoms with Gasteiger partial charge < -0.3 is 14.5 Å². The molecule has 1 aromatic carbocycles. The zero-order valence-corrected chi connectivity index (χ0v) is 16.5. The summed E-state index contributed by atoms with van der Waals surface area (Å²) in [6, 6.07) is 14.4.